The van der Waals surface area contributed by atoms with Crippen LogP contribution in [-0.4, -0.2) is 22.2 Å². The molecule has 2 N–H and O–H groups in total. The Balaban J connectivity index is 1.48. The normalized spacial score (nSPS) is 49.1. The second-order valence-electron chi connectivity index (χ2n) is 19.1. The summed E-state index contributed by atoms with van der Waals surface area (Å²) < 4.78 is 0. The van der Waals surface area contributed by atoms with Gasteiger partial charge in [-0.3, -0.25) is 9.59 Å². The summed E-state index contributed by atoms with van der Waals surface area (Å²) in [6, 6.07) is 0. The van der Waals surface area contributed by atoms with Crippen LogP contribution < -0.4 is 0 Å². The van der Waals surface area contributed by atoms with Crippen LogP contribution in [-0.2, 0) is 9.59 Å². The highest BCUT2D eigenvalue weighted by Crippen LogP contribution is 2.74. The number of carboxylic acids is 2. The Kier molecular flexibility index (Phi) is 7.43. The molecule has 0 aromatic carbocycles. The molecule has 7 aliphatic rings. The topological polar surface area (TPSA) is 74.6 Å². The third-order valence-corrected chi connectivity index (χ3v) is 16.6. The van der Waals surface area contributed by atoms with Gasteiger partial charge in [0.1, 0.15) is 0 Å². The first kappa shape index (κ1) is 32.0. The highest BCUT2D eigenvalue weighted by atomic mass is 16.4. The molecule has 12 unspecified atom stereocenters. The molecular weight excluding hydrogens is 556 g/mol. The van der Waals surface area contributed by atoms with Crippen molar-refractivity contribution in [2.45, 2.75) is 139 Å². The van der Waals surface area contributed by atoms with Gasteiger partial charge in [-0.15, -0.1) is 0 Å². The van der Waals surface area contributed by atoms with Gasteiger partial charge in [0.05, 0.1) is 10.8 Å². The van der Waals surface area contributed by atoms with Crippen molar-refractivity contribution in [1.29, 1.82) is 0 Å². The van der Waals surface area contributed by atoms with Gasteiger partial charge in [-0.1, -0.05) is 76.7 Å². The Labute approximate surface area is 273 Å². The summed E-state index contributed by atoms with van der Waals surface area (Å²) in [5, 5.41) is 21.9. The van der Waals surface area contributed by atoms with E-state index in [9.17, 15) is 19.8 Å². The minimum absolute atomic E-state index is 0.0138. The molecule has 0 bridgehead atoms. The average molecular weight is 619 g/mol. The fraction of sp³-hybridized carbons (Fsp3) is 0.854. The van der Waals surface area contributed by atoms with E-state index in [0.29, 0.717) is 47.3 Å². The largest absolute Gasteiger partial charge is 0.481 e. The first-order chi connectivity index (χ1) is 21.1. The lowest BCUT2D eigenvalue weighted by atomic mass is 9.37. The number of hydrogen-bond donors (Lipinski definition) is 2. The van der Waals surface area contributed by atoms with E-state index in [4.69, 9.17) is 0 Å². The number of aliphatic carboxylic acids is 2. The molecule has 4 saturated carbocycles. The molecule has 7 rings (SSSR count). The van der Waals surface area contributed by atoms with Crippen LogP contribution in [0.15, 0.2) is 22.3 Å². The molecule has 4 nitrogen and oxygen atoms in total. The lowest BCUT2D eigenvalue weighted by Gasteiger charge is -2.67. The number of carbonyl (C=O) groups is 2. The number of carboxylic acid groups (broad SMARTS) is 2. The third kappa shape index (κ3) is 4.20. The third-order valence-electron chi connectivity index (χ3n) is 16.6. The van der Waals surface area contributed by atoms with Crippen LogP contribution in [0.1, 0.15) is 139 Å². The predicted octanol–water partition coefficient (Wildman–Crippen LogP) is 10.2. The van der Waals surface area contributed by atoms with Crippen molar-refractivity contribution in [2.75, 3.05) is 0 Å². The molecule has 45 heavy (non-hydrogen) atoms. The smallest absolute Gasteiger partial charge is 0.309 e. The molecule has 0 spiro atoms. The standard InChI is InChI=1S/C41H62O4/c1-22(2)24-11-13-30-27(19-24)33-28-21-32-38(5,15-9-17-40(32,7)36(42)43)31-14-12-25(23(3)4)26(34(28)31)20-29(33)35-39(30,6)16-10-18-41(35,8)37(44)45/h22-25,27-28,30-32,35H,9-21H2,1-8H3,(H,42,43)(H,44,45). The number of hydrogen-bond acceptors (Lipinski definition) is 2. The predicted molar refractivity (Wildman–Crippen MR) is 179 cm³/mol. The van der Waals surface area contributed by atoms with E-state index in [1.807, 2.05) is 0 Å². The zero-order valence-corrected chi connectivity index (χ0v) is 29.7. The van der Waals surface area contributed by atoms with Crippen molar-refractivity contribution >= 4 is 11.9 Å². The molecule has 7 aliphatic carbocycles. The minimum Gasteiger partial charge on any atom is -0.481 e. The van der Waals surface area contributed by atoms with Crippen LogP contribution in [0.5, 0.6) is 0 Å². The molecule has 12 atom stereocenters. The Morgan fingerprint density at radius 2 is 1.36 bits per heavy atom. The van der Waals surface area contributed by atoms with Crippen LogP contribution in [0.25, 0.3) is 0 Å². The lowest BCUT2D eigenvalue weighted by molar-refractivity contribution is -0.168. The monoisotopic (exact) mass is 618 g/mol. The van der Waals surface area contributed by atoms with Gasteiger partial charge in [0, 0.05) is 11.8 Å². The van der Waals surface area contributed by atoms with Crippen molar-refractivity contribution in [3.63, 3.8) is 0 Å². The second-order valence-corrected chi connectivity index (χ2v) is 19.1. The van der Waals surface area contributed by atoms with Gasteiger partial charge >= 0.3 is 11.9 Å². The van der Waals surface area contributed by atoms with E-state index in [2.05, 4.69) is 55.4 Å². The molecule has 0 radical (unpaired) electrons. The lowest BCUT2D eigenvalue weighted by Crippen LogP contribution is -2.61. The van der Waals surface area contributed by atoms with Crippen molar-refractivity contribution in [3.8, 4) is 0 Å². The van der Waals surface area contributed by atoms with E-state index < -0.39 is 22.8 Å². The molecule has 250 valence electrons. The summed E-state index contributed by atoms with van der Waals surface area (Å²) in [4.78, 5) is 26.6. The number of rotatable bonds is 4. The van der Waals surface area contributed by atoms with Crippen LogP contribution >= 0.6 is 0 Å². The molecular formula is C41H62O4. The Morgan fingerprint density at radius 1 is 0.711 bits per heavy atom. The minimum atomic E-state index is -0.740. The average Bonchev–Trinajstić information content (AvgIpc) is 2.97. The fourth-order valence-electron chi connectivity index (χ4n) is 14.5. The molecule has 0 aromatic heterocycles. The van der Waals surface area contributed by atoms with E-state index in [0.717, 1.165) is 51.4 Å². The fourth-order valence-corrected chi connectivity index (χ4v) is 14.5. The van der Waals surface area contributed by atoms with Gasteiger partial charge in [-0.2, -0.15) is 0 Å². The summed E-state index contributed by atoms with van der Waals surface area (Å²) in [6.07, 6.45) is 14.0. The van der Waals surface area contributed by atoms with Crippen molar-refractivity contribution in [1.82, 2.24) is 0 Å². The number of allylic oxidation sites excluding steroid dienone is 4. The Morgan fingerprint density at radius 3 is 1.98 bits per heavy atom. The van der Waals surface area contributed by atoms with Gasteiger partial charge < -0.3 is 10.2 Å². The summed E-state index contributed by atoms with van der Waals surface area (Å²) in [5.74, 6) is 3.37. The molecule has 0 aromatic rings. The van der Waals surface area contributed by atoms with Crippen molar-refractivity contribution in [2.24, 2.45) is 80.8 Å². The summed E-state index contributed by atoms with van der Waals surface area (Å²) >= 11 is 0. The van der Waals surface area contributed by atoms with E-state index in [-0.39, 0.29) is 22.7 Å². The van der Waals surface area contributed by atoms with Gasteiger partial charge in [-0.05, 0) is 143 Å². The maximum atomic E-state index is 13.4. The molecule has 0 aliphatic heterocycles. The second kappa shape index (κ2) is 10.5. The summed E-state index contributed by atoms with van der Waals surface area (Å²) in [6.45, 7) is 18.8. The van der Waals surface area contributed by atoms with Gasteiger partial charge in [-0.25, -0.2) is 0 Å². The molecule has 0 saturated heterocycles. The molecule has 4 heteroatoms. The highest BCUT2D eigenvalue weighted by molar-refractivity contribution is 5.76. The summed E-state index contributed by atoms with van der Waals surface area (Å²) in [5.41, 5.74) is 5.24. The van der Waals surface area contributed by atoms with Crippen molar-refractivity contribution in [3.05, 3.63) is 22.3 Å². The zero-order valence-electron chi connectivity index (χ0n) is 29.7. The maximum Gasteiger partial charge on any atom is 0.309 e. The van der Waals surface area contributed by atoms with Gasteiger partial charge in [0.15, 0.2) is 0 Å². The van der Waals surface area contributed by atoms with Gasteiger partial charge in [0.2, 0.25) is 0 Å². The van der Waals surface area contributed by atoms with E-state index in [1.54, 1.807) is 22.3 Å². The first-order valence-electron chi connectivity index (χ1n) is 19.0. The summed E-state index contributed by atoms with van der Waals surface area (Å²) in [7, 11) is 0. The highest BCUT2D eigenvalue weighted by Gasteiger charge is 2.67. The maximum absolute atomic E-state index is 13.4. The van der Waals surface area contributed by atoms with E-state index >= 15 is 0 Å². The van der Waals surface area contributed by atoms with Crippen LogP contribution in [0.3, 0.4) is 0 Å². The molecule has 0 heterocycles. The Hall–Kier alpha value is -1.58. The molecule has 0 amide bonds. The van der Waals surface area contributed by atoms with Crippen LogP contribution in [0.2, 0.25) is 0 Å². The van der Waals surface area contributed by atoms with E-state index in [1.165, 1.54) is 32.1 Å². The quantitative estimate of drug-likeness (QED) is 0.308. The van der Waals surface area contributed by atoms with Crippen molar-refractivity contribution < 1.29 is 19.8 Å². The SMILES string of the molecule is CC(C)C1CCC2C(C1)C1=C(CC3=C4C1CC1C(C)(C(=O)O)CCCC1(C)C4CCC3C(C)C)C1C(C)(C(=O)O)CCCC21C. The van der Waals surface area contributed by atoms with Crippen LogP contribution in [0, 0.1) is 80.8 Å². The Bertz CT molecular complexity index is 1340. The number of fused-ring (bicyclic) bond motifs is 8. The van der Waals surface area contributed by atoms with Crippen LogP contribution in [0.4, 0.5) is 0 Å². The zero-order chi connectivity index (χ0) is 32.4. The first-order valence-corrected chi connectivity index (χ1v) is 19.0. The van der Waals surface area contributed by atoms with Gasteiger partial charge in [0.25, 0.3) is 0 Å². The molecule has 4 fully saturated rings.